The number of hydrogen-bond donors (Lipinski definition) is 1. The second-order valence-electron chi connectivity index (χ2n) is 8.37. The van der Waals surface area contributed by atoms with Crippen LogP contribution in [0.1, 0.15) is 22.3 Å². The van der Waals surface area contributed by atoms with Crippen LogP contribution < -0.4 is 14.4 Å². The molecule has 0 bridgehead atoms. The Morgan fingerprint density at radius 3 is 1.95 bits per heavy atom. The maximum absolute atomic E-state index is 12.3. The molecule has 0 aliphatic heterocycles. The Morgan fingerprint density at radius 2 is 1.32 bits per heavy atom. The summed E-state index contributed by atoms with van der Waals surface area (Å²) in [4.78, 5) is 7.47. The summed E-state index contributed by atoms with van der Waals surface area (Å²) in [6, 6.07) is 32.0. The van der Waals surface area contributed by atoms with Gasteiger partial charge in [-0.3, -0.25) is 4.84 Å². The van der Waals surface area contributed by atoms with Gasteiger partial charge in [-0.1, -0.05) is 101 Å². The lowest BCUT2D eigenvalue weighted by Gasteiger charge is -2.14. The first-order chi connectivity index (χ1) is 18.0. The summed E-state index contributed by atoms with van der Waals surface area (Å²) in [5.41, 5.74) is 3.95. The summed E-state index contributed by atoms with van der Waals surface area (Å²) in [5.74, 6) is 1.25. The predicted molar refractivity (Wildman–Crippen MR) is 144 cm³/mol. The number of nitrogens with one attached hydrogen (secondary N) is 1. The molecule has 1 N–H and O–H groups in total. The van der Waals surface area contributed by atoms with E-state index in [-0.39, 0.29) is 11.5 Å². The highest BCUT2D eigenvalue weighted by Gasteiger charge is 2.13. The lowest BCUT2D eigenvalue weighted by atomic mass is 10.2. The predicted octanol–water partition coefficient (Wildman–Crippen LogP) is 6.08. The molecule has 0 amide bonds. The fraction of sp³-hybridized carbons (Fsp3) is 0.133. The minimum atomic E-state index is -3.74. The highest BCUT2D eigenvalue weighted by molar-refractivity contribution is 7.89. The highest BCUT2D eigenvalue weighted by Crippen LogP contribution is 2.30. The summed E-state index contributed by atoms with van der Waals surface area (Å²) in [6.07, 6.45) is 3.55. The molecule has 4 aromatic carbocycles. The van der Waals surface area contributed by atoms with E-state index in [1.807, 2.05) is 91.9 Å². The second kappa shape index (κ2) is 12.9. The molecule has 0 fully saturated rings. The monoisotopic (exact) mass is 515 g/mol. The van der Waals surface area contributed by atoms with Crippen LogP contribution in [0.4, 0.5) is 0 Å². The number of rotatable bonds is 12. The van der Waals surface area contributed by atoms with Crippen LogP contribution in [-0.4, -0.2) is 15.0 Å². The van der Waals surface area contributed by atoms with Crippen molar-refractivity contribution >= 4 is 16.1 Å². The number of ether oxygens (including phenoxy) is 2. The normalized spacial score (nSPS) is 11.5. The molecule has 0 saturated heterocycles. The first kappa shape index (κ1) is 26.2. The van der Waals surface area contributed by atoms with Crippen molar-refractivity contribution in [3.8, 4) is 11.5 Å². The Hall–Kier alpha value is -3.91. The van der Waals surface area contributed by atoms with Crippen molar-refractivity contribution in [1.82, 2.24) is 4.89 Å². The van der Waals surface area contributed by atoms with Gasteiger partial charge in [0.05, 0.1) is 11.5 Å². The maximum atomic E-state index is 12.3. The Labute approximate surface area is 218 Å². The fourth-order valence-corrected chi connectivity index (χ4v) is 4.25. The van der Waals surface area contributed by atoms with Gasteiger partial charge in [0.15, 0.2) is 11.5 Å². The van der Waals surface area contributed by atoms with E-state index < -0.39 is 10.0 Å². The summed E-state index contributed by atoms with van der Waals surface area (Å²) < 4.78 is 36.8. The topological polar surface area (TPSA) is 73.9 Å². The molecule has 0 atom stereocenters. The van der Waals surface area contributed by atoms with Gasteiger partial charge in [-0.2, -0.15) is 0 Å². The Balaban J connectivity index is 1.39. The van der Waals surface area contributed by atoms with E-state index in [2.05, 4.69) is 4.89 Å². The van der Waals surface area contributed by atoms with E-state index >= 15 is 0 Å². The van der Waals surface area contributed by atoms with Crippen molar-refractivity contribution in [2.45, 2.75) is 25.0 Å². The number of aryl methyl sites for hydroxylation is 1. The first-order valence-corrected chi connectivity index (χ1v) is 13.3. The van der Waals surface area contributed by atoms with Gasteiger partial charge in [-0.15, -0.1) is 0 Å². The van der Waals surface area contributed by atoms with Gasteiger partial charge in [-0.05, 0) is 47.9 Å². The van der Waals surface area contributed by atoms with Crippen molar-refractivity contribution < 1.29 is 22.7 Å². The Morgan fingerprint density at radius 1 is 0.730 bits per heavy atom. The zero-order valence-corrected chi connectivity index (χ0v) is 21.4. The zero-order chi connectivity index (χ0) is 25.9. The smallest absolute Gasteiger partial charge is 0.262 e. The molecule has 0 aliphatic rings. The molecule has 190 valence electrons. The van der Waals surface area contributed by atoms with Gasteiger partial charge in [0.2, 0.25) is 0 Å². The third kappa shape index (κ3) is 8.05. The minimum absolute atomic E-state index is 0.0531. The zero-order valence-electron chi connectivity index (χ0n) is 20.5. The third-order valence-electron chi connectivity index (χ3n) is 5.43. The van der Waals surface area contributed by atoms with E-state index in [0.717, 1.165) is 22.3 Å². The van der Waals surface area contributed by atoms with Crippen molar-refractivity contribution in [1.29, 1.82) is 0 Å². The van der Waals surface area contributed by atoms with Crippen LogP contribution in [0, 0.1) is 6.92 Å². The van der Waals surface area contributed by atoms with Crippen LogP contribution in [0.5, 0.6) is 11.5 Å². The van der Waals surface area contributed by atoms with Crippen LogP contribution in [0.3, 0.4) is 0 Å². The Kier molecular flexibility index (Phi) is 9.10. The first-order valence-electron chi connectivity index (χ1n) is 11.8. The van der Waals surface area contributed by atoms with Gasteiger partial charge in [0, 0.05) is 0 Å². The van der Waals surface area contributed by atoms with Crippen molar-refractivity contribution in [2.75, 3.05) is 6.61 Å². The van der Waals surface area contributed by atoms with Crippen LogP contribution in [-0.2, 0) is 28.1 Å². The summed E-state index contributed by atoms with van der Waals surface area (Å²) >= 11 is 0. The fourth-order valence-electron chi connectivity index (χ4n) is 3.44. The molecule has 0 spiro atoms. The molecular formula is C30H29NO5S. The molecule has 0 unspecified atom stereocenters. The Bertz CT molecular complexity index is 1400. The number of benzene rings is 4. The standard InChI is InChI=1S/C30H29NO5S/c1-24-14-17-28(18-15-24)37(32,33)31-36-20-8-13-25-16-19-29(34-22-26-9-4-2-5-10-26)30(21-25)35-23-27-11-6-3-7-12-27/h2-19,21,31H,20,22-23H2,1H3/b13-8+. The van der Waals surface area contributed by atoms with E-state index in [1.54, 1.807) is 18.2 Å². The molecule has 0 aliphatic carbocycles. The van der Waals surface area contributed by atoms with E-state index in [4.69, 9.17) is 14.3 Å². The highest BCUT2D eigenvalue weighted by atomic mass is 32.2. The lowest BCUT2D eigenvalue weighted by molar-refractivity contribution is 0.119. The molecule has 0 radical (unpaired) electrons. The van der Waals surface area contributed by atoms with Gasteiger partial charge >= 0.3 is 0 Å². The average Bonchev–Trinajstić information content (AvgIpc) is 2.92. The minimum Gasteiger partial charge on any atom is -0.485 e. The van der Waals surface area contributed by atoms with Gasteiger partial charge < -0.3 is 9.47 Å². The molecule has 7 heteroatoms. The van der Waals surface area contributed by atoms with Crippen LogP contribution >= 0.6 is 0 Å². The summed E-state index contributed by atoms with van der Waals surface area (Å²) in [5, 5.41) is 0. The van der Waals surface area contributed by atoms with Gasteiger partial charge in [0.1, 0.15) is 13.2 Å². The molecule has 0 saturated carbocycles. The average molecular weight is 516 g/mol. The quantitative estimate of drug-likeness (QED) is 0.183. The molecule has 4 rings (SSSR count). The molecular weight excluding hydrogens is 486 g/mol. The van der Waals surface area contributed by atoms with Crippen molar-refractivity contribution in [3.05, 3.63) is 131 Å². The van der Waals surface area contributed by atoms with E-state index in [0.29, 0.717) is 24.7 Å². The molecule has 37 heavy (non-hydrogen) atoms. The lowest BCUT2D eigenvalue weighted by Crippen LogP contribution is -2.24. The number of hydrogen-bond acceptors (Lipinski definition) is 5. The van der Waals surface area contributed by atoms with Crippen LogP contribution in [0.25, 0.3) is 6.08 Å². The molecule has 6 nitrogen and oxygen atoms in total. The summed E-state index contributed by atoms with van der Waals surface area (Å²) in [6.45, 7) is 2.77. The molecule has 0 heterocycles. The van der Waals surface area contributed by atoms with Crippen molar-refractivity contribution in [2.24, 2.45) is 0 Å². The van der Waals surface area contributed by atoms with Crippen LogP contribution in [0.2, 0.25) is 0 Å². The second-order valence-corrected chi connectivity index (χ2v) is 10.0. The number of sulfonamides is 1. The third-order valence-corrected chi connectivity index (χ3v) is 6.66. The SMILES string of the molecule is Cc1ccc(S(=O)(=O)NOC/C=C/c2ccc(OCc3ccccc3)c(OCc3ccccc3)c2)cc1. The van der Waals surface area contributed by atoms with Gasteiger partial charge in [0.25, 0.3) is 10.0 Å². The molecule has 4 aromatic rings. The largest absolute Gasteiger partial charge is 0.485 e. The summed E-state index contributed by atoms with van der Waals surface area (Å²) in [7, 11) is -3.74. The molecule has 0 aromatic heterocycles. The van der Waals surface area contributed by atoms with Crippen molar-refractivity contribution in [3.63, 3.8) is 0 Å². The maximum Gasteiger partial charge on any atom is 0.262 e. The van der Waals surface area contributed by atoms with E-state index in [9.17, 15) is 8.42 Å². The van der Waals surface area contributed by atoms with E-state index in [1.165, 1.54) is 12.1 Å². The van der Waals surface area contributed by atoms with Gasteiger partial charge in [-0.25, -0.2) is 8.42 Å². The van der Waals surface area contributed by atoms with Crippen LogP contribution in [0.15, 0.2) is 114 Å².